The van der Waals surface area contributed by atoms with Gasteiger partial charge in [0.2, 0.25) is 0 Å². The van der Waals surface area contributed by atoms with Gasteiger partial charge in [0, 0.05) is 12.5 Å². The number of ether oxygens (including phenoxy) is 3. The number of hydrogen-bond donors (Lipinski definition) is 2. The summed E-state index contributed by atoms with van der Waals surface area (Å²) >= 11 is 0. The lowest BCUT2D eigenvalue weighted by Crippen LogP contribution is -2.34. The van der Waals surface area contributed by atoms with E-state index in [0.29, 0.717) is 12.5 Å². The molecule has 0 saturated carbocycles. The molecule has 3 aromatic rings. The van der Waals surface area contributed by atoms with Crippen molar-refractivity contribution in [3.05, 3.63) is 90.0 Å². The van der Waals surface area contributed by atoms with Gasteiger partial charge < -0.3 is 24.6 Å². The molecule has 0 bridgehead atoms. The number of benzene rings is 3. The maximum atomic E-state index is 10.2. The number of methoxy groups -OCH3 is 2. The van der Waals surface area contributed by atoms with E-state index in [1.807, 2.05) is 54.6 Å². The Hall–Kier alpha value is -3.02. The summed E-state index contributed by atoms with van der Waals surface area (Å²) < 4.78 is 16.3. The Balaban J connectivity index is 1.55. The summed E-state index contributed by atoms with van der Waals surface area (Å²) in [6.07, 6.45) is 0.416. The molecule has 5 nitrogen and oxygen atoms in total. The molecule has 176 valence electrons. The van der Waals surface area contributed by atoms with E-state index in [1.165, 1.54) is 11.1 Å². The molecule has 5 heteroatoms. The van der Waals surface area contributed by atoms with Crippen molar-refractivity contribution >= 4 is 0 Å². The smallest absolute Gasteiger partial charge is 0.119 e. The van der Waals surface area contributed by atoms with Crippen molar-refractivity contribution in [2.24, 2.45) is 5.92 Å². The molecule has 0 heterocycles. The van der Waals surface area contributed by atoms with Crippen LogP contribution in [0.25, 0.3) is 0 Å². The summed E-state index contributed by atoms with van der Waals surface area (Å²) in [5, 5.41) is 13.6. The van der Waals surface area contributed by atoms with Gasteiger partial charge in [0.15, 0.2) is 0 Å². The first-order chi connectivity index (χ1) is 16.1. The van der Waals surface area contributed by atoms with Gasteiger partial charge in [-0.2, -0.15) is 0 Å². The van der Waals surface area contributed by atoms with Crippen LogP contribution < -0.4 is 19.5 Å². The maximum Gasteiger partial charge on any atom is 0.119 e. The number of para-hydroxylation sites is 1. The van der Waals surface area contributed by atoms with Crippen molar-refractivity contribution in [3.8, 4) is 17.2 Å². The van der Waals surface area contributed by atoms with Crippen LogP contribution in [-0.2, 0) is 0 Å². The third-order valence-corrected chi connectivity index (χ3v) is 5.73. The van der Waals surface area contributed by atoms with Crippen molar-refractivity contribution in [2.45, 2.75) is 25.4 Å². The Bertz CT molecular complexity index is 881. The number of nitrogens with one attached hydrogen (secondary N) is 1. The molecule has 3 aromatic carbocycles. The third-order valence-electron chi connectivity index (χ3n) is 5.73. The topological polar surface area (TPSA) is 60.0 Å². The SMILES string of the molecule is COc1ccc(C(CC(C)CNCC(O)COc2ccccc2)c2ccc(OC)cc2)cc1. The highest BCUT2D eigenvalue weighted by Crippen LogP contribution is 2.33. The molecule has 33 heavy (non-hydrogen) atoms. The van der Waals surface area contributed by atoms with Crippen molar-refractivity contribution in [1.29, 1.82) is 0 Å². The average Bonchev–Trinajstić information content (AvgIpc) is 2.87. The fourth-order valence-electron chi connectivity index (χ4n) is 3.89. The average molecular weight is 450 g/mol. The summed E-state index contributed by atoms with van der Waals surface area (Å²) in [6, 6.07) is 26.2. The van der Waals surface area contributed by atoms with Crippen molar-refractivity contribution < 1.29 is 19.3 Å². The van der Waals surface area contributed by atoms with Crippen LogP contribution in [0, 0.1) is 5.92 Å². The normalized spacial score (nSPS) is 12.9. The van der Waals surface area contributed by atoms with Crippen LogP contribution in [-0.4, -0.2) is 45.1 Å². The molecule has 2 unspecified atom stereocenters. The molecular weight excluding hydrogens is 414 g/mol. The van der Waals surface area contributed by atoms with Gasteiger partial charge in [-0.15, -0.1) is 0 Å². The van der Waals surface area contributed by atoms with E-state index in [1.54, 1.807) is 14.2 Å². The zero-order valence-corrected chi connectivity index (χ0v) is 19.7. The van der Waals surface area contributed by atoms with Crippen LogP contribution in [0.3, 0.4) is 0 Å². The zero-order chi connectivity index (χ0) is 23.5. The van der Waals surface area contributed by atoms with E-state index < -0.39 is 6.10 Å². The van der Waals surface area contributed by atoms with Gasteiger partial charge in [0.1, 0.15) is 30.0 Å². The van der Waals surface area contributed by atoms with Crippen molar-refractivity contribution in [2.75, 3.05) is 33.9 Å². The second-order valence-corrected chi connectivity index (χ2v) is 8.38. The highest BCUT2D eigenvalue weighted by Gasteiger charge is 2.18. The van der Waals surface area contributed by atoms with Crippen molar-refractivity contribution in [3.63, 3.8) is 0 Å². The lowest BCUT2D eigenvalue weighted by Gasteiger charge is -2.23. The van der Waals surface area contributed by atoms with E-state index >= 15 is 0 Å². The largest absolute Gasteiger partial charge is 0.497 e. The third kappa shape index (κ3) is 7.81. The fourth-order valence-corrected chi connectivity index (χ4v) is 3.89. The Morgan fingerprint density at radius 2 is 1.27 bits per heavy atom. The van der Waals surface area contributed by atoms with Gasteiger partial charge >= 0.3 is 0 Å². The van der Waals surface area contributed by atoms with Crippen LogP contribution in [0.4, 0.5) is 0 Å². The molecular formula is C28H35NO4. The standard InChI is InChI=1S/C28H35NO4/c1-21(18-29-19-24(30)20-33-27-7-5-4-6-8-27)17-28(22-9-13-25(31-2)14-10-22)23-11-15-26(32-3)16-12-23/h4-16,21,24,28-30H,17-20H2,1-3H3. The predicted molar refractivity (Wildman–Crippen MR) is 132 cm³/mol. The van der Waals surface area contributed by atoms with Gasteiger partial charge in [0.05, 0.1) is 14.2 Å². The maximum absolute atomic E-state index is 10.2. The first-order valence-corrected chi connectivity index (χ1v) is 11.4. The predicted octanol–water partition coefficient (Wildman–Crippen LogP) is 4.89. The van der Waals surface area contributed by atoms with Crippen LogP contribution >= 0.6 is 0 Å². The monoisotopic (exact) mass is 449 g/mol. The minimum atomic E-state index is -0.559. The second kappa shape index (κ2) is 12.9. The van der Waals surface area contributed by atoms with Crippen molar-refractivity contribution in [1.82, 2.24) is 5.32 Å². The summed E-state index contributed by atoms with van der Waals surface area (Å²) in [4.78, 5) is 0. The molecule has 0 aliphatic heterocycles. The molecule has 0 radical (unpaired) electrons. The molecule has 0 amide bonds. The second-order valence-electron chi connectivity index (χ2n) is 8.38. The molecule has 0 aliphatic rings. The summed E-state index contributed by atoms with van der Waals surface area (Å²) in [5.74, 6) is 3.14. The molecule has 0 spiro atoms. The van der Waals surface area contributed by atoms with Crippen LogP contribution in [0.1, 0.15) is 30.4 Å². The van der Waals surface area contributed by atoms with Gasteiger partial charge in [-0.25, -0.2) is 0 Å². The van der Waals surface area contributed by atoms with Crippen LogP contribution in [0.5, 0.6) is 17.2 Å². The highest BCUT2D eigenvalue weighted by atomic mass is 16.5. The first kappa shape index (κ1) is 24.6. The minimum Gasteiger partial charge on any atom is -0.497 e. The van der Waals surface area contributed by atoms with E-state index in [9.17, 15) is 5.11 Å². The van der Waals surface area contributed by atoms with Gasteiger partial charge in [-0.05, 0) is 66.4 Å². The molecule has 2 N–H and O–H groups in total. The summed E-state index contributed by atoms with van der Waals surface area (Å²) in [5.41, 5.74) is 2.51. The van der Waals surface area contributed by atoms with E-state index in [4.69, 9.17) is 14.2 Å². The number of aliphatic hydroxyl groups excluding tert-OH is 1. The summed E-state index contributed by atoms with van der Waals surface area (Å²) in [6.45, 7) is 3.81. The van der Waals surface area contributed by atoms with E-state index in [0.717, 1.165) is 30.2 Å². The Morgan fingerprint density at radius 3 is 1.79 bits per heavy atom. The van der Waals surface area contributed by atoms with E-state index in [-0.39, 0.29) is 12.5 Å². The molecule has 3 rings (SSSR count). The number of aliphatic hydroxyl groups is 1. The number of hydrogen-bond acceptors (Lipinski definition) is 5. The minimum absolute atomic E-state index is 0.255. The lowest BCUT2D eigenvalue weighted by atomic mass is 9.84. The molecule has 0 aromatic heterocycles. The zero-order valence-electron chi connectivity index (χ0n) is 19.7. The highest BCUT2D eigenvalue weighted by molar-refractivity contribution is 5.38. The Labute approximate surface area is 197 Å². The lowest BCUT2D eigenvalue weighted by molar-refractivity contribution is 0.105. The Morgan fingerprint density at radius 1 is 0.727 bits per heavy atom. The molecule has 0 fully saturated rings. The first-order valence-electron chi connectivity index (χ1n) is 11.4. The molecule has 2 atom stereocenters. The summed E-state index contributed by atoms with van der Waals surface area (Å²) in [7, 11) is 3.37. The van der Waals surface area contributed by atoms with E-state index in [2.05, 4.69) is 36.5 Å². The molecule has 0 saturated heterocycles. The molecule has 0 aliphatic carbocycles. The van der Waals surface area contributed by atoms with Crippen LogP contribution in [0.15, 0.2) is 78.9 Å². The quantitative estimate of drug-likeness (QED) is 0.389. The van der Waals surface area contributed by atoms with Gasteiger partial charge in [-0.3, -0.25) is 0 Å². The van der Waals surface area contributed by atoms with Gasteiger partial charge in [0.25, 0.3) is 0 Å². The Kier molecular flexibility index (Phi) is 9.60. The fraction of sp³-hybridized carbons (Fsp3) is 0.357. The van der Waals surface area contributed by atoms with Crippen LogP contribution in [0.2, 0.25) is 0 Å². The van der Waals surface area contributed by atoms with Gasteiger partial charge in [-0.1, -0.05) is 49.4 Å². The number of rotatable bonds is 13.